The number of aromatic nitrogens is 1. The van der Waals surface area contributed by atoms with Crippen molar-refractivity contribution in [1.29, 1.82) is 5.26 Å². The number of likely N-dealkylation sites (N-methyl/N-ethyl adjacent to an activating group) is 1. The number of alkyl halides is 3. The van der Waals surface area contributed by atoms with Gasteiger partial charge in [0.25, 0.3) is 0 Å². The van der Waals surface area contributed by atoms with E-state index < -0.39 is 29.8 Å². The highest BCUT2D eigenvalue weighted by Crippen LogP contribution is 2.28. The second-order valence-corrected chi connectivity index (χ2v) is 7.64. The lowest BCUT2D eigenvalue weighted by Gasteiger charge is -2.26. The van der Waals surface area contributed by atoms with E-state index in [2.05, 4.69) is 21.7 Å². The summed E-state index contributed by atoms with van der Waals surface area (Å²) in [6.07, 6.45) is -2.57. The van der Waals surface area contributed by atoms with Gasteiger partial charge in [-0.1, -0.05) is 30.3 Å². The molecule has 0 saturated carbocycles. The molecule has 3 aromatic rings. The van der Waals surface area contributed by atoms with Gasteiger partial charge < -0.3 is 5.32 Å². The number of nitrogens with one attached hydrogen (secondary N) is 2. The van der Waals surface area contributed by atoms with E-state index in [0.29, 0.717) is 29.5 Å². The number of hydrogen-bond acceptors (Lipinski definition) is 4. The first kappa shape index (κ1) is 24.9. The van der Waals surface area contributed by atoms with Gasteiger partial charge in [-0.15, -0.1) is 0 Å². The fourth-order valence-electron chi connectivity index (χ4n) is 3.55. The Morgan fingerprint density at radius 3 is 2.41 bits per heavy atom. The maximum Gasteiger partial charge on any atom is 0.433 e. The number of pyridine rings is 1. The highest BCUT2D eigenvalue weighted by Gasteiger charge is 2.32. The number of carbonyl (C=O) groups excluding carboxylic acids is 1. The molecule has 34 heavy (non-hydrogen) atoms. The van der Waals surface area contributed by atoms with Gasteiger partial charge in [-0.05, 0) is 59.9 Å². The minimum Gasteiger partial charge on any atom is -0.358 e. The zero-order chi connectivity index (χ0) is 24.7. The van der Waals surface area contributed by atoms with Crippen molar-refractivity contribution in [2.45, 2.75) is 31.1 Å². The average Bonchev–Trinajstić information content (AvgIpc) is 2.84. The molecule has 0 aliphatic heterocycles. The molecule has 2 unspecified atom stereocenters. The van der Waals surface area contributed by atoms with Crippen LogP contribution in [0.2, 0.25) is 0 Å². The fraction of sp³-hybridized carbons (Fsp3) is 0.240. The maximum absolute atomic E-state index is 13.4. The Balaban J connectivity index is 1.89. The summed E-state index contributed by atoms with van der Waals surface area (Å²) >= 11 is 0. The lowest BCUT2D eigenvalue weighted by molar-refractivity contribution is -0.141. The lowest BCUT2D eigenvalue weighted by atomic mass is 9.95. The SMILES string of the molecule is CNC(=O)C(NC(CCc1ccc(C(F)(F)F)nc1)c1cccc(C#N)c1)c1ccc(F)cc1. The molecule has 9 heteroatoms. The Morgan fingerprint density at radius 1 is 1.09 bits per heavy atom. The molecule has 2 aromatic carbocycles. The molecule has 5 nitrogen and oxygen atoms in total. The molecule has 0 bridgehead atoms. The molecule has 0 aliphatic carbocycles. The Hall–Kier alpha value is -3.77. The molecule has 0 saturated heterocycles. The summed E-state index contributed by atoms with van der Waals surface area (Å²) in [4.78, 5) is 16.2. The van der Waals surface area contributed by atoms with E-state index in [1.165, 1.54) is 43.6 Å². The molecule has 3 rings (SSSR count). The third-order valence-electron chi connectivity index (χ3n) is 5.33. The van der Waals surface area contributed by atoms with E-state index in [1.54, 1.807) is 24.3 Å². The smallest absolute Gasteiger partial charge is 0.358 e. The second-order valence-electron chi connectivity index (χ2n) is 7.64. The third-order valence-corrected chi connectivity index (χ3v) is 5.33. The number of benzene rings is 2. The van der Waals surface area contributed by atoms with Crippen molar-refractivity contribution < 1.29 is 22.4 Å². The van der Waals surface area contributed by atoms with Gasteiger partial charge in [0.05, 0.1) is 11.6 Å². The van der Waals surface area contributed by atoms with E-state index in [4.69, 9.17) is 0 Å². The van der Waals surface area contributed by atoms with Crippen LogP contribution in [-0.2, 0) is 17.4 Å². The van der Waals surface area contributed by atoms with Crippen molar-refractivity contribution in [2.75, 3.05) is 7.05 Å². The normalized spacial score (nSPS) is 13.1. The largest absolute Gasteiger partial charge is 0.433 e. The number of rotatable bonds is 8. The third kappa shape index (κ3) is 6.39. The summed E-state index contributed by atoms with van der Waals surface area (Å²) in [6.45, 7) is 0. The molecular weight excluding hydrogens is 448 g/mol. The van der Waals surface area contributed by atoms with Gasteiger partial charge in [-0.3, -0.25) is 15.1 Å². The van der Waals surface area contributed by atoms with E-state index in [-0.39, 0.29) is 5.91 Å². The molecule has 0 radical (unpaired) electrons. The van der Waals surface area contributed by atoms with Crippen LogP contribution in [0.15, 0.2) is 66.9 Å². The quantitative estimate of drug-likeness (QED) is 0.461. The molecule has 2 atom stereocenters. The fourth-order valence-corrected chi connectivity index (χ4v) is 3.55. The molecule has 1 amide bonds. The van der Waals surface area contributed by atoms with Crippen molar-refractivity contribution in [1.82, 2.24) is 15.6 Å². The molecule has 0 aliphatic rings. The summed E-state index contributed by atoms with van der Waals surface area (Å²) in [6, 6.07) is 15.5. The predicted octanol–water partition coefficient (Wildman–Crippen LogP) is 4.86. The van der Waals surface area contributed by atoms with Crippen molar-refractivity contribution >= 4 is 5.91 Å². The number of nitriles is 1. The zero-order valence-corrected chi connectivity index (χ0v) is 18.2. The van der Waals surface area contributed by atoms with Crippen molar-refractivity contribution in [3.05, 3.63) is 101 Å². The van der Waals surface area contributed by atoms with E-state index >= 15 is 0 Å². The standard InChI is InChI=1S/C25H22F4N4O/c1-31-24(34)23(18-7-9-20(26)10-8-18)33-21(19-4-2-3-17(13-19)14-30)11-5-16-6-12-22(32-15-16)25(27,28)29/h2-4,6-10,12-13,15,21,23,33H,5,11H2,1H3,(H,31,34). The first-order chi connectivity index (χ1) is 16.2. The average molecular weight is 470 g/mol. The van der Waals surface area contributed by atoms with Gasteiger partial charge in [-0.25, -0.2) is 4.39 Å². The number of carbonyl (C=O) groups is 1. The monoisotopic (exact) mass is 470 g/mol. The van der Waals surface area contributed by atoms with E-state index in [9.17, 15) is 27.6 Å². The van der Waals surface area contributed by atoms with Crippen LogP contribution in [0, 0.1) is 17.1 Å². The molecular formula is C25H22F4N4O. The number of nitrogens with zero attached hydrogens (tertiary/aromatic N) is 2. The lowest BCUT2D eigenvalue weighted by Crippen LogP contribution is -2.38. The topological polar surface area (TPSA) is 77.8 Å². The van der Waals surface area contributed by atoms with Crippen LogP contribution in [-0.4, -0.2) is 17.9 Å². The molecule has 0 fully saturated rings. The minimum absolute atomic E-state index is 0.343. The predicted molar refractivity (Wildman–Crippen MR) is 118 cm³/mol. The summed E-state index contributed by atoms with van der Waals surface area (Å²) in [5.41, 5.74) is 1.32. The van der Waals surface area contributed by atoms with Gasteiger partial charge in [0.15, 0.2) is 0 Å². The number of aryl methyl sites for hydroxylation is 1. The Morgan fingerprint density at radius 2 is 1.82 bits per heavy atom. The van der Waals surface area contributed by atoms with Crippen LogP contribution in [0.1, 0.15) is 46.5 Å². The van der Waals surface area contributed by atoms with Gasteiger partial charge in [0, 0.05) is 19.3 Å². The summed E-state index contributed by atoms with van der Waals surface area (Å²) < 4.78 is 51.8. The number of amides is 1. The van der Waals surface area contributed by atoms with E-state index in [0.717, 1.165) is 11.6 Å². The van der Waals surface area contributed by atoms with Crippen LogP contribution >= 0.6 is 0 Å². The van der Waals surface area contributed by atoms with Gasteiger partial charge >= 0.3 is 6.18 Å². The molecule has 1 aromatic heterocycles. The van der Waals surface area contributed by atoms with Crippen LogP contribution in [0.4, 0.5) is 17.6 Å². The first-order valence-electron chi connectivity index (χ1n) is 10.5. The highest BCUT2D eigenvalue weighted by atomic mass is 19.4. The van der Waals surface area contributed by atoms with Crippen molar-refractivity contribution in [3.63, 3.8) is 0 Å². The molecule has 176 valence electrons. The summed E-state index contributed by atoms with van der Waals surface area (Å²) in [5, 5.41) is 15.1. The summed E-state index contributed by atoms with van der Waals surface area (Å²) in [5.74, 6) is -0.781. The maximum atomic E-state index is 13.4. The molecule has 2 N–H and O–H groups in total. The number of hydrogen-bond donors (Lipinski definition) is 2. The second kappa shape index (κ2) is 10.9. The van der Waals surface area contributed by atoms with Crippen molar-refractivity contribution in [3.8, 4) is 6.07 Å². The number of halogens is 4. The zero-order valence-electron chi connectivity index (χ0n) is 18.2. The van der Waals surface area contributed by atoms with Crippen LogP contribution in [0.3, 0.4) is 0 Å². The van der Waals surface area contributed by atoms with Crippen LogP contribution in [0.25, 0.3) is 0 Å². The summed E-state index contributed by atoms with van der Waals surface area (Å²) in [7, 11) is 1.49. The Labute approximate surface area is 194 Å². The highest BCUT2D eigenvalue weighted by molar-refractivity contribution is 5.83. The molecule has 0 spiro atoms. The van der Waals surface area contributed by atoms with Crippen LogP contribution in [0.5, 0.6) is 0 Å². The molecule has 1 heterocycles. The van der Waals surface area contributed by atoms with Gasteiger partial charge in [0.1, 0.15) is 17.6 Å². The van der Waals surface area contributed by atoms with Crippen LogP contribution < -0.4 is 10.6 Å². The van der Waals surface area contributed by atoms with Gasteiger partial charge in [-0.2, -0.15) is 18.4 Å². The Kier molecular flexibility index (Phi) is 7.97. The first-order valence-corrected chi connectivity index (χ1v) is 10.5. The minimum atomic E-state index is -4.52. The van der Waals surface area contributed by atoms with Gasteiger partial charge in [0.2, 0.25) is 5.91 Å². The van der Waals surface area contributed by atoms with Crippen molar-refractivity contribution in [2.24, 2.45) is 0 Å². The Bertz CT molecular complexity index is 1160. The van der Waals surface area contributed by atoms with E-state index in [1.807, 2.05) is 0 Å².